The van der Waals surface area contributed by atoms with Crippen molar-refractivity contribution in [2.45, 2.75) is 32.7 Å². The first-order valence-electron chi connectivity index (χ1n) is 5.52. The third-order valence-electron chi connectivity index (χ3n) is 2.80. The number of nitrogens with one attached hydrogen (secondary N) is 1. The molecule has 0 amide bonds. The monoisotopic (exact) mass is 241 g/mol. The molecule has 0 aromatic heterocycles. The average molecular weight is 242 g/mol. The van der Waals surface area contributed by atoms with Crippen molar-refractivity contribution in [3.05, 3.63) is 28.8 Å². The fraction of sp³-hybridized carbons (Fsp3) is 0.538. The molecule has 0 radical (unpaired) electrons. The third-order valence-corrected chi connectivity index (χ3v) is 3.03. The molecule has 1 rings (SSSR count). The largest absolute Gasteiger partial charge is 0.493 e. The van der Waals surface area contributed by atoms with Gasteiger partial charge in [0.1, 0.15) is 5.75 Å². The lowest BCUT2D eigenvalue weighted by molar-refractivity contribution is 0.254. The molecule has 0 bridgehead atoms. The smallest absolute Gasteiger partial charge is 0.122 e. The number of benzene rings is 1. The Labute approximate surface area is 103 Å². The van der Waals surface area contributed by atoms with E-state index in [1.807, 2.05) is 32.2 Å². The molecule has 0 unspecified atom stereocenters. The summed E-state index contributed by atoms with van der Waals surface area (Å²) in [6, 6.07) is 5.69. The highest BCUT2D eigenvalue weighted by molar-refractivity contribution is 6.30. The second-order valence-corrected chi connectivity index (χ2v) is 5.08. The van der Waals surface area contributed by atoms with Crippen LogP contribution in [0.15, 0.2) is 18.2 Å². The number of halogens is 1. The second kappa shape index (κ2) is 5.55. The van der Waals surface area contributed by atoms with Crippen LogP contribution in [0, 0.1) is 6.92 Å². The number of rotatable bonds is 5. The molecule has 3 heteroatoms. The minimum atomic E-state index is 0.111. The lowest BCUT2D eigenvalue weighted by Crippen LogP contribution is -2.37. The van der Waals surface area contributed by atoms with E-state index < -0.39 is 0 Å². The molecule has 16 heavy (non-hydrogen) atoms. The normalized spacial score (nSPS) is 11.6. The van der Waals surface area contributed by atoms with Crippen LogP contribution in [-0.2, 0) is 0 Å². The first kappa shape index (κ1) is 13.3. The Morgan fingerprint density at radius 3 is 2.62 bits per heavy atom. The van der Waals surface area contributed by atoms with Crippen LogP contribution < -0.4 is 10.1 Å². The van der Waals surface area contributed by atoms with E-state index in [2.05, 4.69) is 19.2 Å². The van der Waals surface area contributed by atoms with E-state index in [1.165, 1.54) is 0 Å². The summed E-state index contributed by atoms with van der Waals surface area (Å²) in [6.45, 7) is 7.02. The maximum absolute atomic E-state index is 5.88. The summed E-state index contributed by atoms with van der Waals surface area (Å²) in [4.78, 5) is 0. The minimum absolute atomic E-state index is 0.111. The second-order valence-electron chi connectivity index (χ2n) is 4.64. The van der Waals surface area contributed by atoms with Gasteiger partial charge in [-0.25, -0.2) is 0 Å². The Morgan fingerprint density at radius 1 is 1.38 bits per heavy atom. The average Bonchev–Trinajstić information content (AvgIpc) is 2.21. The molecule has 1 N–H and O–H groups in total. The summed E-state index contributed by atoms with van der Waals surface area (Å²) in [5, 5.41) is 4.00. The third kappa shape index (κ3) is 4.03. The van der Waals surface area contributed by atoms with Crippen molar-refractivity contribution in [2.24, 2.45) is 0 Å². The molecular weight excluding hydrogens is 222 g/mol. The van der Waals surface area contributed by atoms with Crippen molar-refractivity contribution >= 4 is 11.6 Å². The standard InChI is InChI=1S/C13H20ClNO/c1-10-9-11(14)5-6-12(10)16-8-7-13(2,3)15-4/h5-6,9,15H,7-8H2,1-4H3. The van der Waals surface area contributed by atoms with E-state index in [0.717, 1.165) is 22.8 Å². The van der Waals surface area contributed by atoms with Gasteiger partial charge in [-0.15, -0.1) is 0 Å². The molecule has 0 aliphatic heterocycles. The molecule has 0 saturated heterocycles. The van der Waals surface area contributed by atoms with Crippen molar-refractivity contribution in [2.75, 3.05) is 13.7 Å². The zero-order valence-corrected chi connectivity index (χ0v) is 11.2. The molecule has 1 aromatic rings. The molecule has 0 atom stereocenters. The fourth-order valence-electron chi connectivity index (χ4n) is 1.32. The predicted molar refractivity (Wildman–Crippen MR) is 69.4 cm³/mol. The van der Waals surface area contributed by atoms with Crippen LogP contribution in [0.5, 0.6) is 5.75 Å². The number of ether oxygens (including phenoxy) is 1. The Hall–Kier alpha value is -0.730. The van der Waals surface area contributed by atoms with Gasteiger partial charge in [-0.05, 0) is 58.0 Å². The number of hydrogen-bond acceptors (Lipinski definition) is 2. The van der Waals surface area contributed by atoms with E-state index in [0.29, 0.717) is 6.61 Å². The Bertz CT molecular complexity index is 350. The van der Waals surface area contributed by atoms with Crippen LogP contribution in [0.4, 0.5) is 0 Å². The predicted octanol–water partition coefficient (Wildman–Crippen LogP) is 3.42. The molecule has 0 fully saturated rings. The van der Waals surface area contributed by atoms with Crippen molar-refractivity contribution in [3.8, 4) is 5.75 Å². The zero-order chi connectivity index (χ0) is 12.2. The number of aryl methyl sites for hydroxylation is 1. The summed E-state index contributed by atoms with van der Waals surface area (Å²) in [5.74, 6) is 0.913. The summed E-state index contributed by atoms with van der Waals surface area (Å²) < 4.78 is 5.73. The first-order valence-corrected chi connectivity index (χ1v) is 5.90. The van der Waals surface area contributed by atoms with Gasteiger partial charge in [0, 0.05) is 10.6 Å². The Balaban J connectivity index is 2.49. The van der Waals surface area contributed by atoms with Gasteiger partial charge in [-0.3, -0.25) is 0 Å². The van der Waals surface area contributed by atoms with E-state index in [9.17, 15) is 0 Å². The van der Waals surface area contributed by atoms with E-state index in [-0.39, 0.29) is 5.54 Å². The summed E-state index contributed by atoms with van der Waals surface area (Å²) >= 11 is 5.88. The van der Waals surface area contributed by atoms with E-state index in [4.69, 9.17) is 16.3 Å². The molecule has 0 heterocycles. The highest BCUT2D eigenvalue weighted by Crippen LogP contribution is 2.22. The summed E-state index contributed by atoms with van der Waals surface area (Å²) in [5.41, 5.74) is 1.19. The highest BCUT2D eigenvalue weighted by Gasteiger charge is 2.14. The SMILES string of the molecule is CNC(C)(C)CCOc1ccc(Cl)cc1C. The lowest BCUT2D eigenvalue weighted by atomic mass is 10.0. The van der Waals surface area contributed by atoms with Gasteiger partial charge in [0.25, 0.3) is 0 Å². The summed E-state index contributed by atoms with van der Waals surface area (Å²) in [7, 11) is 1.97. The Morgan fingerprint density at radius 2 is 2.06 bits per heavy atom. The molecule has 0 saturated carbocycles. The van der Waals surface area contributed by atoms with Crippen LogP contribution in [0.1, 0.15) is 25.8 Å². The van der Waals surface area contributed by atoms with E-state index >= 15 is 0 Å². The van der Waals surface area contributed by atoms with Gasteiger partial charge in [0.15, 0.2) is 0 Å². The molecule has 90 valence electrons. The molecule has 1 aromatic carbocycles. The van der Waals surface area contributed by atoms with E-state index in [1.54, 1.807) is 0 Å². The molecule has 0 spiro atoms. The Kier molecular flexibility index (Phi) is 4.63. The van der Waals surface area contributed by atoms with Crippen LogP contribution in [0.3, 0.4) is 0 Å². The molecule has 0 aliphatic rings. The van der Waals surface area contributed by atoms with Crippen LogP contribution in [0.25, 0.3) is 0 Å². The molecular formula is C13H20ClNO. The van der Waals surface area contributed by atoms with Crippen molar-refractivity contribution in [1.29, 1.82) is 0 Å². The van der Waals surface area contributed by atoms with Gasteiger partial charge >= 0.3 is 0 Å². The summed E-state index contributed by atoms with van der Waals surface area (Å²) in [6.07, 6.45) is 0.964. The maximum atomic E-state index is 5.88. The van der Waals surface area contributed by atoms with Gasteiger partial charge in [0.2, 0.25) is 0 Å². The molecule has 2 nitrogen and oxygen atoms in total. The number of hydrogen-bond donors (Lipinski definition) is 1. The van der Waals surface area contributed by atoms with Crippen LogP contribution in [0.2, 0.25) is 5.02 Å². The van der Waals surface area contributed by atoms with Gasteiger partial charge in [-0.2, -0.15) is 0 Å². The molecule has 0 aliphatic carbocycles. The quantitative estimate of drug-likeness (QED) is 0.853. The van der Waals surface area contributed by atoms with Crippen LogP contribution in [-0.4, -0.2) is 19.2 Å². The van der Waals surface area contributed by atoms with Crippen molar-refractivity contribution in [1.82, 2.24) is 5.32 Å². The lowest BCUT2D eigenvalue weighted by Gasteiger charge is -2.24. The topological polar surface area (TPSA) is 21.3 Å². The minimum Gasteiger partial charge on any atom is -0.493 e. The van der Waals surface area contributed by atoms with Gasteiger partial charge in [-0.1, -0.05) is 11.6 Å². The highest BCUT2D eigenvalue weighted by atomic mass is 35.5. The van der Waals surface area contributed by atoms with Gasteiger partial charge in [0.05, 0.1) is 6.61 Å². The first-order chi connectivity index (χ1) is 7.44. The zero-order valence-electron chi connectivity index (χ0n) is 10.4. The van der Waals surface area contributed by atoms with Crippen molar-refractivity contribution in [3.63, 3.8) is 0 Å². The van der Waals surface area contributed by atoms with Gasteiger partial charge < -0.3 is 10.1 Å². The fourth-order valence-corrected chi connectivity index (χ4v) is 1.54. The van der Waals surface area contributed by atoms with Crippen LogP contribution >= 0.6 is 11.6 Å². The van der Waals surface area contributed by atoms with Crippen molar-refractivity contribution < 1.29 is 4.74 Å². The maximum Gasteiger partial charge on any atom is 0.122 e.